The van der Waals surface area contributed by atoms with Crippen LogP contribution in [0.5, 0.6) is 5.75 Å². The van der Waals surface area contributed by atoms with Crippen molar-refractivity contribution < 1.29 is 19.7 Å². The number of carboxylic acids is 1. The zero-order valence-corrected chi connectivity index (χ0v) is 12.6. The third-order valence-electron chi connectivity index (χ3n) is 4.10. The molecule has 1 atom stereocenters. The van der Waals surface area contributed by atoms with E-state index in [1.807, 2.05) is 0 Å². The van der Waals surface area contributed by atoms with Crippen molar-refractivity contribution in [2.75, 3.05) is 19.7 Å². The topological polar surface area (TPSA) is 78.8 Å². The minimum Gasteiger partial charge on any atom is -0.493 e. The van der Waals surface area contributed by atoms with E-state index in [1.165, 1.54) is 0 Å². The smallest absolute Gasteiger partial charge is 0.345 e. The lowest BCUT2D eigenvalue weighted by molar-refractivity contribution is -0.155. The number of ether oxygens (including phenoxy) is 1. The molecule has 2 aromatic rings. The molecule has 0 radical (unpaired) electrons. The van der Waals surface area contributed by atoms with Gasteiger partial charge in [0, 0.05) is 24.6 Å². The van der Waals surface area contributed by atoms with Crippen LogP contribution in [-0.4, -0.2) is 35.9 Å². The minimum absolute atomic E-state index is 0.278. The fourth-order valence-corrected chi connectivity index (χ4v) is 2.58. The molecule has 3 rings (SSSR count). The predicted molar refractivity (Wildman–Crippen MR) is 85.4 cm³/mol. The molecule has 1 heterocycles. The van der Waals surface area contributed by atoms with E-state index < -0.39 is 11.6 Å². The van der Waals surface area contributed by atoms with Gasteiger partial charge in [0.2, 0.25) is 5.60 Å². The summed E-state index contributed by atoms with van der Waals surface area (Å²) in [6, 6.07) is 15.0. The Morgan fingerprint density at radius 2 is 1.83 bits per heavy atom. The van der Waals surface area contributed by atoms with Gasteiger partial charge in [-0.15, -0.1) is 0 Å². The average molecular weight is 313 g/mol. The highest BCUT2D eigenvalue weighted by Crippen LogP contribution is 2.32. The zero-order valence-electron chi connectivity index (χ0n) is 12.6. The maximum Gasteiger partial charge on any atom is 0.345 e. The number of nitrogens with one attached hydrogen (secondary N) is 1. The van der Waals surface area contributed by atoms with Gasteiger partial charge in [-0.05, 0) is 17.7 Å². The average Bonchev–Trinajstić information content (AvgIpc) is 2.53. The first-order valence-corrected chi connectivity index (χ1v) is 7.56. The minimum atomic E-state index is -2.10. The number of hydrogen-bond donors (Lipinski definition) is 3. The molecule has 3 N–H and O–H groups in total. The van der Waals surface area contributed by atoms with Gasteiger partial charge < -0.3 is 20.3 Å². The highest BCUT2D eigenvalue weighted by molar-refractivity contribution is 5.83. The van der Waals surface area contributed by atoms with Gasteiger partial charge in [0.05, 0.1) is 6.61 Å². The van der Waals surface area contributed by atoms with Crippen LogP contribution in [0.4, 0.5) is 0 Å². The molecule has 0 aromatic heterocycles. The van der Waals surface area contributed by atoms with Crippen LogP contribution in [0.25, 0.3) is 0 Å². The number of carbonyl (C=O) groups is 1. The highest BCUT2D eigenvalue weighted by atomic mass is 16.5. The van der Waals surface area contributed by atoms with Crippen LogP contribution < -0.4 is 10.1 Å². The van der Waals surface area contributed by atoms with Crippen molar-refractivity contribution in [3.05, 3.63) is 65.7 Å². The van der Waals surface area contributed by atoms with Crippen LogP contribution in [0.3, 0.4) is 0 Å². The van der Waals surface area contributed by atoms with E-state index in [0.29, 0.717) is 23.8 Å². The standard InChI is InChI=1S/C18H19NO4/c20-17(21)18(22,14-5-2-1-3-6-14)15-7-4-8-16(9-15)23-12-13-10-19-11-13/h1-9,13,19,22H,10-12H2,(H,20,21)/t18-/m0/s1. The lowest BCUT2D eigenvalue weighted by Gasteiger charge is -2.27. The van der Waals surface area contributed by atoms with Crippen LogP contribution in [0.2, 0.25) is 0 Å². The van der Waals surface area contributed by atoms with Gasteiger partial charge in [-0.1, -0.05) is 42.5 Å². The first kappa shape index (κ1) is 15.5. The van der Waals surface area contributed by atoms with Gasteiger partial charge in [-0.25, -0.2) is 4.79 Å². The molecule has 0 saturated carbocycles. The normalized spacial score (nSPS) is 17.1. The van der Waals surface area contributed by atoms with E-state index >= 15 is 0 Å². The van der Waals surface area contributed by atoms with Crippen molar-refractivity contribution in [1.29, 1.82) is 0 Å². The van der Waals surface area contributed by atoms with E-state index in [-0.39, 0.29) is 5.56 Å². The molecule has 1 aliphatic rings. The molecule has 0 aliphatic carbocycles. The van der Waals surface area contributed by atoms with E-state index in [2.05, 4.69) is 5.32 Å². The quantitative estimate of drug-likeness (QED) is 0.755. The Kier molecular flexibility index (Phi) is 4.32. The number of carboxylic acid groups (broad SMARTS) is 1. The van der Waals surface area contributed by atoms with Crippen molar-refractivity contribution >= 4 is 5.97 Å². The van der Waals surface area contributed by atoms with Crippen molar-refractivity contribution in [1.82, 2.24) is 5.32 Å². The van der Waals surface area contributed by atoms with Crippen molar-refractivity contribution in [3.63, 3.8) is 0 Å². The largest absolute Gasteiger partial charge is 0.493 e. The number of hydrogen-bond acceptors (Lipinski definition) is 4. The Morgan fingerprint density at radius 3 is 2.43 bits per heavy atom. The Bertz CT molecular complexity index is 684. The summed E-state index contributed by atoms with van der Waals surface area (Å²) in [4.78, 5) is 11.8. The molecule has 1 aliphatic heterocycles. The maximum atomic E-state index is 11.8. The number of benzene rings is 2. The Balaban J connectivity index is 1.89. The molecule has 1 saturated heterocycles. The molecular weight excluding hydrogens is 294 g/mol. The Labute approximate surface area is 134 Å². The lowest BCUT2D eigenvalue weighted by atomic mass is 9.86. The Hall–Kier alpha value is -2.37. The van der Waals surface area contributed by atoms with Crippen molar-refractivity contribution in [2.24, 2.45) is 5.92 Å². The molecule has 23 heavy (non-hydrogen) atoms. The predicted octanol–water partition coefficient (Wildman–Crippen LogP) is 1.61. The lowest BCUT2D eigenvalue weighted by Crippen LogP contribution is -2.45. The second-order valence-electron chi connectivity index (χ2n) is 5.74. The zero-order chi connectivity index (χ0) is 16.3. The van der Waals surface area contributed by atoms with Gasteiger partial charge in [-0.3, -0.25) is 0 Å². The molecular formula is C18H19NO4. The van der Waals surface area contributed by atoms with Gasteiger partial charge in [0.1, 0.15) is 5.75 Å². The fourth-order valence-electron chi connectivity index (χ4n) is 2.58. The van der Waals surface area contributed by atoms with Gasteiger partial charge in [0.25, 0.3) is 0 Å². The molecule has 0 bridgehead atoms. The highest BCUT2D eigenvalue weighted by Gasteiger charge is 2.40. The number of aliphatic carboxylic acids is 1. The molecule has 5 heteroatoms. The fraction of sp³-hybridized carbons (Fsp3) is 0.278. The molecule has 5 nitrogen and oxygen atoms in total. The van der Waals surface area contributed by atoms with Crippen LogP contribution in [0.15, 0.2) is 54.6 Å². The summed E-state index contributed by atoms with van der Waals surface area (Å²) < 4.78 is 5.72. The van der Waals surface area contributed by atoms with E-state index in [0.717, 1.165) is 13.1 Å². The summed E-state index contributed by atoms with van der Waals surface area (Å²) in [6.07, 6.45) is 0. The van der Waals surface area contributed by atoms with Crippen LogP contribution >= 0.6 is 0 Å². The summed E-state index contributed by atoms with van der Waals surface area (Å²) in [7, 11) is 0. The van der Waals surface area contributed by atoms with Gasteiger partial charge in [0.15, 0.2) is 0 Å². The number of rotatable bonds is 6. The second kappa shape index (κ2) is 6.40. The third kappa shape index (κ3) is 3.06. The second-order valence-corrected chi connectivity index (χ2v) is 5.74. The van der Waals surface area contributed by atoms with Crippen LogP contribution in [0, 0.1) is 5.92 Å². The van der Waals surface area contributed by atoms with Crippen molar-refractivity contribution in [2.45, 2.75) is 5.60 Å². The summed E-state index contributed by atoms with van der Waals surface area (Å²) in [6.45, 7) is 2.44. The monoisotopic (exact) mass is 313 g/mol. The SMILES string of the molecule is O=C(O)[C@](O)(c1ccccc1)c1cccc(OCC2CNC2)c1. The molecule has 2 aromatic carbocycles. The summed E-state index contributed by atoms with van der Waals surface area (Å²) >= 11 is 0. The third-order valence-corrected chi connectivity index (χ3v) is 4.10. The summed E-state index contributed by atoms with van der Waals surface area (Å²) in [5, 5.41) is 23.6. The van der Waals surface area contributed by atoms with Crippen LogP contribution in [-0.2, 0) is 10.4 Å². The Morgan fingerprint density at radius 1 is 1.13 bits per heavy atom. The van der Waals surface area contributed by atoms with E-state index in [4.69, 9.17) is 4.74 Å². The summed E-state index contributed by atoms with van der Waals surface area (Å²) in [5.41, 5.74) is -1.51. The van der Waals surface area contributed by atoms with E-state index in [1.54, 1.807) is 54.6 Å². The molecule has 120 valence electrons. The van der Waals surface area contributed by atoms with Gasteiger partial charge >= 0.3 is 5.97 Å². The number of aliphatic hydroxyl groups is 1. The summed E-state index contributed by atoms with van der Waals surface area (Å²) in [5.74, 6) is -0.278. The van der Waals surface area contributed by atoms with Gasteiger partial charge in [-0.2, -0.15) is 0 Å². The molecule has 0 amide bonds. The first-order chi connectivity index (χ1) is 11.1. The molecule has 0 spiro atoms. The maximum absolute atomic E-state index is 11.8. The molecule has 0 unspecified atom stereocenters. The van der Waals surface area contributed by atoms with Crippen molar-refractivity contribution in [3.8, 4) is 5.75 Å². The molecule has 1 fully saturated rings. The van der Waals surface area contributed by atoms with E-state index in [9.17, 15) is 15.0 Å². The first-order valence-electron chi connectivity index (χ1n) is 7.56. The van der Waals surface area contributed by atoms with Crippen LogP contribution in [0.1, 0.15) is 11.1 Å².